The van der Waals surface area contributed by atoms with Crippen LogP contribution < -0.4 is 0 Å². The van der Waals surface area contributed by atoms with E-state index in [-0.39, 0.29) is 5.57 Å². The van der Waals surface area contributed by atoms with Gasteiger partial charge in [-0.05, 0) is 25.5 Å². The topological polar surface area (TPSA) is 17.1 Å². The van der Waals surface area contributed by atoms with Crippen LogP contribution in [0.25, 0.3) is 0 Å². The van der Waals surface area contributed by atoms with Crippen LogP contribution in [-0.2, 0) is 4.79 Å². The molecule has 0 unspecified atom stereocenters. The van der Waals surface area contributed by atoms with E-state index in [4.69, 9.17) is 31.0 Å². The van der Waals surface area contributed by atoms with Crippen molar-refractivity contribution in [2.75, 3.05) is 0 Å². The summed E-state index contributed by atoms with van der Waals surface area (Å²) in [6, 6.07) is 0. The van der Waals surface area contributed by atoms with Gasteiger partial charge in [-0.25, -0.2) is 0 Å². The predicted molar refractivity (Wildman–Crippen MR) is 67.3 cm³/mol. The van der Waals surface area contributed by atoms with Gasteiger partial charge in [-0.15, -0.1) is 0 Å². The van der Waals surface area contributed by atoms with Crippen LogP contribution in [-0.4, -0.2) is 13.5 Å². The van der Waals surface area contributed by atoms with Gasteiger partial charge in [0.1, 0.15) is 5.68 Å². The number of hydrogen-bond acceptors (Lipinski definition) is 1. The Morgan fingerprint density at radius 3 is 2.33 bits per heavy atom. The molecule has 15 heavy (non-hydrogen) atoms. The van der Waals surface area contributed by atoms with Gasteiger partial charge < -0.3 is 4.79 Å². The van der Waals surface area contributed by atoms with Gasteiger partial charge in [0.15, 0.2) is 7.85 Å². The standard InChI is InChI=1S/C11H13BCl2O/c1-3-4-5-10(14)9(11(12)15)7-6-8(2)13/h5-7H,3-4H2,1-2H3/b8-6+,9-7+,10-5-. The summed E-state index contributed by atoms with van der Waals surface area (Å²) in [6.07, 6.45) is 6.66. The molecule has 0 saturated carbocycles. The molecule has 0 aliphatic heterocycles. The number of halogens is 2. The molecule has 4 heteroatoms. The molecule has 0 atom stereocenters. The molecule has 0 heterocycles. The molecule has 0 aromatic carbocycles. The molecule has 0 bridgehead atoms. The fraction of sp³-hybridized carbons (Fsp3) is 0.364. The first kappa shape index (κ1) is 14.5. The van der Waals surface area contributed by atoms with Gasteiger partial charge in [-0.1, -0.05) is 42.6 Å². The molecule has 0 aromatic heterocycles. The van der Waals surface area contributed by atoms with Crippen LogP contribution in [0.5, 0.6) is 0 Å². The first-order valence-corrected chi connectivity index (χ1v) is 5.44. The molecule has 0 aliphatic rings. The van der Waals surface area contributed by atoms with Crippen LogP contribution >= 0.6 is 23.2 Å². The molecule has 0 aromatic rings. The summed E-state index contributed by atoms with van der Waals surface area (Å²) >= 11 is 11.6. The zero-order chi connectivity index (χ0) is 11.8. The van der Waals surface area contributed by atoms with Crippen LogP contribution in [0, 0.1) is 0 Å². The molecule has 1 nitrogen and oxygen atoms in total. The highest BCUT2D eigenvalue weighted by Gasteiger charge is 2.05. The second kappa shape index (κ2) is 7.78. The summed E-state index contributed by atoms with van der Waals surface area (Å²) < 4.78 is 0. The number of carbonyl (C=O) groups is 1. The molecule has 0 saturated heterocycles. The van der Waals surface area contributed by atoms with Crippen molar-refractivity contribution < 1.29 is 4.79 Å². The van der Waals surface area contributed by atoms with Crippen molar-refractivity contribution >= 4 is 36.7 Å². The van der Waals surface area contributed by atoms with Crippen molar-refractivity contribution in [1.82, 2.24) is 0 Å². The first-order chi connectivity index (χ1) is 6.99. The lowest BCUT2D eigenvalue weighted by molar-refractivity contribution is -0.108. The van der Waals surface area contributed by atoms with Crippen molar-refractivity contribution in [2.24, 2.45) is 0 Å². The van der Waals surface area contributed by atoms with Gasteiger partial charge in [0, 0.05) is 15.6 Å². The predicted octanol–water partition coefficient (Wildman–Crippen LogP) is 3.67. The Balaban J connectivity index is 4.90. The van der Waals surface area contributed by atoms with Gasteiger partial charge in [-0.3, -0.25) is 0 Å². The fourth-order valence-corrected chi connectivity index (χ4v) is 1.19. The third-order valence-electron chi connectivity index (χ3n) is 1.61. The maximum atomic E-state index is 11.1. The Hall–Kier alpha value is -0.465. The molecule has 0 N–H and O–H groups in total. The van der Waals surface area contributed by atoms with E-state index in [1.807, 2.05) is 6.92 Å². The Morgan fingerprint density at radius 1 is 1.33 bits per heavy atom. The van der Waals surface area contributed by atoms with Crippen molar-refractivity contribution in [1.29, 1.82) is 0 Å². The average molecular weight is 243 g/mol. The monoisotopic (exact) mass is 242 g/mol. The summed E-state index contributed by atoms with van der Waals surface area (Å²) in [4.78, 5) is 11.1. The van der Waals surface area contributed by atoms with Crippen LogP contribution in [0.2, 0.25) is 0 Å². The summed E-state index contributed by atoms with van der Waals surface area (Å²) in [5.41, 5.74) is -0.272. The Bertz CT molecular complexity index is 313. The smallest absolute Gasteiger partial charge is 0.175 e. The van der Waals surface area contributed by atoms with Gasteiger partial charge in [-0.2, -0.15) is 0 Å². The Labute approximate surface area is 102 Å². The van der Waals surface area contributed by atoms with E-state index in [0.717, 1.165) is 12.8 Å². The second-order valence-electron chi connectivity index (χ2n) is 3.04. The Kier molecular flexibility index (Phi) is 7.54. The summed E-state index contributed by atoms with van der Waals surface area (Å²) in [7, 11) is 5.19. The van der Waals surface area contributed by atoms with E-state index in [2.05, 4.69) is 0 Å². The minimum Gasteiger partial charge on any atom is -0.307 e. The van der Waals surface area contributed by atoms with E-state index in [9.17, 15) is 4.79 Å². The zero-order valence-corrected chi connectivity index (χ0v) is 10.4. The zero-order valence-electron chi connectivity index (χ0n) is 8.89. The lowest BCUT2D eigenvalue weighted by Gasteiger charge is -2.01. The molecular formula is C11H13BCl2O. The summed E-state index contributed by atoms with van der Waals surface area (Å²) in [6.45, 7) is 3.73. The van der Waals surface area contributed by atoms with Crippen LogP contribution in [0.1, 0.15) is 26.7 Å². The Morgan fingerprint density at radius 2 is 1.93 bits per heavy atom. The van der Waals surface area contributed by atoms with E-state index < -0.39 is 5.68 Å². The summed E-state index contributed by atoms with van der Waals surface area (Å²) in [5, 5.41) is 0.937. The highest BCUT2D eigenvalue weighted by Crippen LogP contribution is 2.17. The molecule has 0 fully saturated rings. The van der Waals surface area contributed by atoms with E-state index >= 15 is 0 Å². The molecule has 0 aliphatic carbocycles. The fourth-order valence-electron chi connectivity index (χ4n) is 0.859. The van der Waals surface area contributed by atoms with E-state index in [0.29, 0.717) is 10.1 Å². The second-order valence-corrected chi connectivity index (χ2v) is 4.04. The number of rotatable bonds is 5. The molecule has 0 spiro atoms. The number of hydrogen-bond donors (Lipinski definition) is 0. The van der Waals surface area contributed by atoms with Gasteiger partial charge >= 0.3 is 0 Å². The highest BCUT2D eigenvalue weighted by molar-refractivity contribution is 6.64. The van der Waals surface area contributed by atoms with Gasteiger partial charge in [0.2, 0.25) is 0 Å². The number of allylic oxidation sites excluding steroid dienone is 6. The van der Waals surface area contributed by atoms with Crippen LogP contribution in [0.15, 0.2) is 33.9 Å². The molecular weight excluding hydrogens is 230 g/mol. The van der Waals surface area contributed by atoms with Crippen molar-refractivity contribution in [3.63, 3.8) is 0 Å². The van der Waals surface area contributed by atoms with Crippen molar-refractivity contribution in [3.05, 3.63) is 33.9 Å². The quantitative estimate of drug-likeness (QED) is 0.409. The highest BCUT2D eigenvalue weighted by atomic mass is 35.5. The minimum absolute atomic E-state index is 0.283. The molecule has 80 valence electrons. The minimum atomic E-state index is -0.554. The van der Waals surface area contributed by atoms with E-state index in [1.54, 1.807) is 19.1 Å². The largest absolute Gasteiger partial charge is 0.307 e. The van der Waals surface area contributed by atoms with Crippen molar-refractivity contribution in [3.8, 4) is 0 Å². The van der Waals surface area contributed by atoms with Crippen molar-refractivity contribution in [2.45, 2.75) is 26.7 Å². The SMILES string of the molecule is [B]C(=O)C(=C/C=C(\C)Cl)/C(Cl)=C/CCC. The third-order valence-corrected chi connectivity index (χ3v) is 2.10. The summed E-state index contributed by atoms with van der Waals surface area (Å²) in [5.74, 6) is 0. The van der Waals surface area contributed by atoms with Crippen LogP contribution in [0.3, 0.4) is 0 Å². The third kappa shape index (κ3) is 6.59. The first-order valence-electron chi connectivity index (χ1n) is 4.69. The average Bonchev–Trinajstić information content (AvgIpc) is 2.13. The normalized spacial score (nSPS) is 14.3. The van der Waals surface area contributed by atoms with Crippen LogP contribution in [0.4, 0.5) is 0 Å². The number of carbonyl (C=O) groups excluding carboxylic acids is 1. The molecule has 0 amide bonds. The van der Waals surface area contributed by atoms with Gasteiger partial charge in [0.25, 0.3) is 0 Å². The maximum Gasteiger partial charge on any atom is 0.175 e. The molecule has 0 rings (SSSR count). The number of unbranched alkanes of at least 4 members (excludes halogenated alkanes) is 1. The lowest BCUT2D eigenvalue weighted by Crippen LogP contribution is -2.01. The maximum absolute atomic E-state index is 11.1. The van der Waals surface area contributed by atoms with E-state index in [1.165, 1.54) is 6.08 Å². The van der Waals surface area contributed by atoms with Gasteiger partial charge in [0.05, 0.1) is 0 Å². The lowest BCUT2D eigenvalue weighted by atomic mass is 9.93. The molecule has 2 radical (unpaired) electrons.